The van der Waals surface area contributed by atoms with E-state index >= 15 is 0 Å². The highest BCUT2D eigenvalue weighted by molar-refractivity contribution is 6.42. The van der Waals surface area contributed by atoms with Crippen molar-refractivity contribution in [3.63, 3.8) is 0 Å². The van der Waals surface area contributed by atoms with Crippen LogP contribution < -0.4 is 10.1 Å². The van der Waals surface area contributed by atoms with E-state index in [1.54, 1.807) is 31.6 Å². The van der Waals surface area contributed by atoms with Crippen LogP contribution in [0.15, 0.2) is 60.9 Å². The van der Waals surface area contributed by atoms with E-state index in [0.717, 1.165) is 27.9 Å². The standard InChI is InChI=1S/C20H14Cl2N4O/c1-27-14-5-6-15-18(10-14)25-19(12-3-2-8-23-11-12)26-20(15)24-13-4-7-16(21)17(22)9-13/h2-11H,1H3,(H,24,25,26). The Morgan fingerprint density at radius 1 is 0.963 bits per heavy atom. The van der Waals surface area contributed by atoms with Crippen molar-refractivity contribution in [2.75, 3.05) is 12.4 Å². The molecule has 0 saturated carbocycles. The largest absolute Gasteiger partial charge is 0.497 e. The molecule has 1 N–H and O–H groups in total. The van der Waals surface area contributed by atoms with Gasteiger partial charge in [-0.3, -0.25) is 4.98 Å². The molecule has 0 bridgehead atoms. The molecule has 0 atom stereocenters. The van der Waals surface area contributed by atoms with Gasteiger partial charge in [-0.15, -0.1) is 0 Å². The van der Waals surface area contributed by atoms with E-state index in [-0.39, 0.29) is 0 Å². The molecule has 2 heterocycles. The van der Waals surface area contributed by atoms with Crippen LogP contribution in [0.1, 0.15) is 0 Å². The summed E-state index contributed by atoms with van der Waals surface area (Å²) in [6.07, 6.45) is 3.44. The first-order valence-corrected chi connectivity index (χ1v) is 8.88. The van der Waals surface area contributed by atoms with Crippen molar-refractivity contribution in [2.45, 2.75) is 0 Å². The Labute approximate surface area is 166 Å². The second kappa shape index (κ2) is 7.39. The van der Waals surface area contributed by atoms with Gasteiger partial charge in [-0.2, -0.15) is 0 Å². The minimum absolute atomic E-state index is 0.467. The normalized spacial score (nSPS) is 10.8. The summed E-state index contributed by atoms with van der Waals surface area (Å²) >= 11 is 12.1. The average molecular weight is 397 g/mol. The summed E-state index contributed by atoms with van der Waals surface area (Å²) in [6, 6.07) is 14.8. The molecule has 134 valence electrons. The fourth-order valence-electron chi connectivity index (χ4n) is 2.67. The van der Waals surface area contributed by atoms with E-state index in [1.165, 1.54) is 0 Å². The summed E-state index contributed by atoms with van der Waals surface area (Å²) in [4.78, 5) is 13.5. The Morgan fingerprint density at radius 3 is 2.59 bits per heavy atom. The molecule has 27 heavy (non-hydrogen) atoms. The van der Waals surface area contributed by atoms with Gasteiger partial charge in [0.1, 0.15) is 11.6 Å². The molecule has 0 aliphatic heterocycles. The number of rotatable bonds is 4. The third-order valence-electron chi connectivity index (χ3n) is 4.01. The molecular weight excluding hydrogens is 383 g/mol. The molecule has 0 fully saturated rings. The molecule has 5 nitrogen and oxygen atoms in total. The summed E-state index contributed by atoms with van der Waals surface area (Å²) in [7, 11) is 1.62. The van der Waals surface area contributed by atoms with Gasteiger partial charge in [-0.1, -0.05) is 23.2 Å². The first-order chi connectivity index (χ1) is 13.1. The van der Waals surface area contributed by atoms with Gasteiger partial charge in [0.2, 0.25) is 0 Å². The highest BCUT2D eigenvalue weighted by atomic mass is 35.5. The quantitative estimate of drug-likeness (QED) is 0.475. The van der Waals surface area contributed by atoms with Crippen LogP contribution in [0.5, 0.6) is 5.75 Å². The zero-order valence-electron chi connectivity index (χ0n) is 14.3. The number of methoxy groups -OCH3 is 1. The van der Waals surface area contributed by atoms with Gasteiger partial charge in [0, 0.05) is 35.1 Å². The lowest BCUT2D eigenvalue weighted by Crippen LogP contribution is -2.00. The van der Waals surface area contributed by atoms with Gasteiger partial charge in [0.25, 0.3) is 0 Å². The number of halogens is 2. The molecule has 0 aliphatic carbocycles. The van der Waals surface area contributed by atoms with E-state index < -0.39 is 0 Å². The topological polar surface area (TPSA) is 59.9 Å². The molecule has 0 aliphatic rings. The monoisotopic (exact) mass is 396 g/mol. The third kappa shape index (κ3) is 3.65. The average Bonchev–Trinajstić information content (AvgIpc) is 2.70. The minimum Gasteiger partial charge on any atom is -0.497 e. The number of hydrogen-bond donors (Lipinski definition) is 1. The first-order valence-electron chi connectivity index (χ1n) is 8.12. The number of nitrogens with zero attached hydrogens (tertiary/aromatic N) is 3. The van der Waals surface area contributed by atoms with Gasteiger partial charge in [-0.25, -0.2) is 9.97 Å². The summed E-state index contributed by atoms with van der Waals surface area (Å²) in [6.45, 7) is 0. The van der Waals surface area contributed by atoms with E-state index in [9.17, 15) is 0 Å². The van der Waals surface area contributed by atoms with E-state index in [0.29, 0.717) is 21.7 Å². The third-order valence-corrected chi connectivity index (χ3v) is 4.75. The van der Waals surface area contributed by atoms with Crippen LogP contribution in [0.2, 0.25) is 10.0 Å². The number of benzene rings is 2. The van der Waals surface area contributed by atoms with E-state index in [4.69, 9.17) is 32.9 Å². The van der Waals surface area contributed by atoms with Crippen molar-refractivity contribution in [3.05, 3.63) is 71.0 Å². The van der Waals surface area contributed by atoms with Crippen LogP contribution in [0.4, 0.5) is 11.5 Å². The van der Waals surface area contributed by atoms with Crippen LogP contribution in [0.25, 0.3) is 22.3 Å². The number of anilines is 2. The lowest BCUT2D eigenvalue weighted by atomic mass is 10.2. The molecule has 0 radical (unpaired) electrons. The molecule has 4 rings (SSSR count). The van der Waals surface area contributed by atoms with Gasteiger partial charge in [0.05, 0.1) is 22.7 Å². The summed E-state index contributed by atoms with van der Waals surface area (Å²) in [5, 5.41) is 5.13. The van der Waals surface area contributed by atoms with Crippen molar-refractivity contribution in [1.29, 1.82) is 0 Å². The van der Waals surface area contributed by atoms with Crippen LogP contribution >= 0.6 is 23.2 Å². The molecule has 0 unspecified atom stereocenters. The number of hydrogen-bond acceptors (Lipinski definition) is 5. The lowest BCUT2D eigenvalue weighted by molar-refractivity contribution is 0.415. The molecule has 2 aromatic carbocycles. The van der Waals surface area contributed by atoms with Crippen LogP contribution in [-0.4, -0.2) is 22.1 Å². The Kier molecular flexibility index (Phi) is 4.79. The molecule has 0 spiro atoms. The van der Waals surface area contributed by atoms with E-state index in [1.807, 2.05) is 36.4 Å². The highest BCUT2D eigenvalue weighted by Gasteiger charge is 2.11. The second-order valence-electron chi connectivity index (χ2n) is 5.77. The molecule has 0 amide bonds. The zero-order valence-corrected chi connectivity index (χ0v) is 15.8. The van der Waals surface area contributed by atoms with Crippen LogP contribution in [-0.2, 0) is 0 Å². The van der Waals surface area contributed by atoms with Crippen molar-refractivity contribution < 1.29 is 4.74 Å². The fourth-order valence-corrected chi connectivity index (χ4v) is 2.96. The Bertz CT molecular complexity index is 1120. The lowest BCUT2D eigenvalue weighted by Gasteiger charge is -2.12. The number of nitrogens with one attached hydrogen (secondary N) is 1. The zero-order chi connectivity index (χ0) is 18.8. The van der Waals surface area contributed by atoms with Crippen molar-refractivity contribution in [3.8, 4) is 17.1 Å². The minimum atomic E-state index is 0.467. The van der Waals surface area contributed by atoms with Gasteiger partial charge >= 0.3 is 0 Å². The van der Waals surface area contributed by atoms with Gasteiger partial charge in [-0.05, 0) is 42.5 Å². The van der Waals surface area contributed by atoms with Crippen LogP contribution in [0, 0.1) is 0 Å². The Hall–Kier alpha value is -2.89. The number of ether oxygens (including phenoxy) is 1. The SMILES string of the molecule is COc1ccc2c(Nc3ccc(Cl)c(Cl)c3)nc(-c3cccnc3)nc2c1. The Morgan fingerprint density at radius 2 is 1.85 bits per heavy atom. The smallest absolute Gasteiger partial charge is 0.163 e. The second-order valence-corrected chi connectivity index (χ2v) is 6.59. The fraction of sp³-hybridized carbons (Fsp3) is 0.0500. The van der Waals surface area contributed by atoms with E-state index in [2.05, 4.69) is 15.3 Å². The molecule has 2 aromatic heterocycles. The predicted molar refractivity (Wildman–Crippen MR) is 109 cm³/mol. The van der Waals surface area contributed by atoms with Crippen molar-refractivity contribution >= 4 is 45.6 Å². The number of aromatic nitrogens is 3. The number of fused-ring (bicyclic) bond motifs is 1. The van der Waals surface area contributed by atoms with Crippen molar-refractivity contribution in [2.24, 2.45) is 0 Å². The van der Waals surface area contributed by atoms with Gasteiger partial charge < -0.3 is 10.1 Å². The summed E-state index contributed by atoms with van der Waals surface area (Å²) in [5.41, 5.74) is 2.35. The predicted octanol–water partition coefficient (Wildman–Crippen LogP) is 5.75. The highest BCUT2D eigenvalue weighted by Crippen LogP contribution is 2.31. The van der Waals surface area contributed by atoms with Crippen molar-refractivity contribution in [1.82, 2.24) is 15.0 Å². The molecular formula is C20H14Cl2N4O. The molecule has 7 heteroatoms. The first kappa shape index (κ1) is 17.5. The maximum atomic E-state index is 6.14. The maximum absolute atomic E-state index is 6.14. The Balaban J connectivity index is 1.87. The van der Waals surface area contributed by atoms with Gasteiger partial charge in [0.15, 0.2) is 5.82 Å². The van der Waals surface area contributed by atoms with Crippen LogP contribution in [0.3, 0.4) is 0 Å². The summed E-state index contributed by atoms with van der Waals surface area (Å²) < 4.78 is 5.33. The number of pyridine rings is 1. The summed E-state index contributed by atoms with van der Waals surface area (Å²) in [5.74, 6) is 1.94. The molecule has 0 saturated heterocycles. The molecule has 4 aromatic rings. The maximum Gasteiger partial charge on any atom is 0.163 e.